The first-order valence-corrected chi connectivity index (χ1v) is 9.05. The van der Waals surface area contributed by atoms with Gasteiger partial charge in [-0.15, -0.1) is 0 Å². The molecule has 0 atom stereocenters. The Morgan fingerprint density at radius 3 is 2.70 bits per heavy atom. The van der Waals surface area contributed by atoms with Crippen LogP contribution in [0.1, 0.15) is 5.56 Å². The minimum atomic E-state index is -1.11. The first-order chi connectivity index (χ1) is 9.58. The molecular formula is C13H7F3IO2S-. The van der Waals surface area contributed by atoms with E-state index in [1.54, 1.807) is 0 Å². The van der Waals surface area contributed by atoms with Crippen LogP contribution in [0.4, 0.5) is 12.7 Å². The molecule has 0 bridgehead atoms. The van der Waals surface area contributed by atoms with Gasteiger partial charge in [-0.1, -0.05) is 0 Å². The van der Waals surface area contributed by atoms with E-state index in [1.807, 2.05) is 4.93 Å². The van der Waals surface area contributed by atoms with E-state index in [-0.39, 0.29) is 27.8 Å². The van der Waals surface area contributed by atoms with Crippen molar-refractivity contribution >= 4 is 23.2 Å². The monoisotopic (exact) mass is 411 g/mol. The summed E-state index contributed by atoms with van der Waals surface area (Å²) in [5.41, 5.74) is -0.196. The molecule has 0 aliphatic carbocycles. The molecule has 2 rings (SSSR count). The van der Waals surface area contributed by atoms with Crippen LogP contribution in [0.5, 0.6) is 11.5 Å². The molecule has 0 aromatic heterocycles. The fraction of sp³-hybridized carbons (Fsp3) is 0.0769. The van der Waals surface area contributed by atoms with Gasteiger partial charge in [0.25, 0.3) is 0 Å². The molecule has 0 unspecified atom stereocenters. The number of benzene rings is 2. The van der Waals surface area contributed by atoms with E-state index in [4.69, 9.17) is 0 Å². The van der Waals surface area contributed by atoms with Crippen molar-refractivity contribution in [1.29, 1.82) is 0 Å². The minimum absolute atomic E-state index is 0.00432. The van der Waals surface area contributed by atoms with Crippen LogP contribution in [-0.2, 0) is 0 Å². The number of hydrogen-bond donors (Lipinski definition) is 1. The first kappa shape index (κ1) is 15.1. The molecule has 2 aromatic rings. The third-order valence-corrected chi connectivity index (χ3v) is 3.54. The molecule has 0 fully saturated rings. The Bertz CT molecular complexity index is 725. The van der Waals surface area contributed by atoms with E-state index in [0.29, 0.717) is 0 Å². The van der Waals surface area contributed by atoms with Gasteiger partial charge in [0.15, 0.2) is 0 Å². The Balaban J connectivity index is 2.79. The summed E-state index contributed by atoms with van der Waals surface area (Å²) in [5.74, 6) is 0.00663. The average molecular weight is 411 g/mol. The SMILES string of the molecule is C[I-]C#Cc1c(F)c(F)cc2cc(OSF)cc(O)c12. The summed E-state index contributed by atoms with van der Waals surface area (Å²) in [5, 5.41) is 10.2. The molecule has 0 saturated carbocycles. The molecule has 0 amide bonds. The van der Waals surface area contributed by atoms with Crippen molar-refractivity contribution in [3.05, 3.63) is 35.4 Å². The molecule has 0 spiro atoms. The van der Waals surface area contributed by atoms with Gasteiger partial charge >= 0.3 is 128 Å². The molecule has 2 aromatic carbocycles. The predicted octanol–water partition coefficient (Wildman–Crippen LogP) is 0.763. The second-order valence-corrected chi connectivity index (χ2v) is 5.55. The third kappa shape index (κ3) is 2.91. The van der Waals surface area contributed by atoms with E-state index in [2.05, 4.69) is 14.0 Å². The maximum absolute atomic E-state index is 13.8. The number of halogens is 4. The van der Waals surface area contributed by atoms with E-state index in [1.165, 1.54) is 6.07 Å². The molecule has 1 N–H and O–H groups in total. The molecule has 0 saturated heterocycles. The second kappa shape index (κ2) is 6.45. The van der Waals surface area contributed by atoms with Gasteiger partial charge in [0, 0.05) is 0 Å². The van der Waals surface area contributed by atoms with Gasteiger partial charge in [0.1, 0.15) is 0 Å². The summed E-state index contributed by atoms with van der Waals surface area (Å²) in [7, 11) is 0. The van der Waals surface area contributed by atoms with Crippen LogP contribution < -0.4 is 25.4 Å². The molecule has 20 heavy (non-hydrogen) atoms. The number of phenolic OH excluding ortho intramolecular Hbond substituents is 1. The predicted molar refractivity (Wildman–Crippen MR) is 67.7 cm³/mol. The zero-order valence-corrected chi connectivity index (χ0v) is 13.0. The van der Waals surface area contributed by atoms with Crippen molar-refractivity contribution in [1.82, 2.24) is 0 Å². The Labute approximate surface area is 128 Å². The third-order valence-electron chi connectivity index (χ3n) is 2.48. The van der Waals surface area contributed by atoms with Crippen molar-refractivity contribution in [3.8, 4) is 21.3 Å². The van der Waals surface area contributed by atoms with Crippen LogP contribution >= 0.6 is 12.4 Å². The summed E-state index contributed by atoms with van der Waals surface area (Å²) >= 11 is -0.835. The standard InChI is InChI=1S/C13H7F3IO2S/c1-17-3-2-9-12-7(5-10(14)13(9)15)4-8(19-20-16)6-11(12)18/h4-6,18H,1H3/q-1. The fourth-order valence-electron chi connectivity index (χ4n) is 1.73. The Hall–Kier alpha value is -1.27. The van der Waals surface area contributed by atoms with Crippen LogP contribution in [0, 0.1) is 21.5 Å². The first-order valence-electron chi connectivity index (χ1n) is 5.18. The van der Waals surface area contributed by atoms with Crippen molar-refractivity contribution in [2.24, 2.45) is 0 Å². The number of fused-ring (bicyclic) bond motifs is 1. The fourth-order valence-corrected chi connectivity index (χ4v) is 2.44. The topological polar surface area (TPSA) is 29.5 Å². The van der Waals surface area contributed by atoms with Crippen LogP contribution in [0.2, 0.25) is 0 Å². The number of hydrogen-bond acceptors (Lipinski definition) is 3. The van der Waals surface area contributed by atoms with Crippen LogP contribution in [0.15, 0.2) is 18.2 Å². The molecular weight excluding hydrogens is 404 g/mol. The van der Waals surface area contributed by atoms with Crippen LogP contribution in [0.25, 0.3) is 10.8 Å². The Kier molecular flexibility index (Phi) is 4.88. The Morgan fingerprint density at radius 1 is 1.30 bits per heavy atom. The van der Waals surface area contributed by atoms with E-state index < -0.39 is 45.3 Å². The van der Waals surface area contributed by atoms with E-state index in [0.717, 1.165) is 12.1 Å². The number of aromatic hydroxyl groups is 1. The van der Waals surface area contributed by atoms with Crippen LogP contribution in [0.3, 0.4) is 0 Å². The van der Waals surface area contributed by atoms with Gasteiger partial charge in [-0.25, -0.2) is 0 Å². The van der Waals surface area contributed by atoms with Crippen molar-refractivity contribution in [2.45, 2.75) is 0 Å². The van der Waals surface area contributed by atoms with Gasteiger partial charge in [-0.05, 0) is 0 Å². The quantitative estimate of drug-likeness (QED) is 0.343. The average Bonchev–Trinajstić information content (AvgIpc) is 2.40. The summed E-state index contributed by atoms with van der Waals surface area (Å²) in [6.07, 6.45) is 0. The normalized spacial score (nSPS) is 10.4. The summed E-state index contributed by atoms with van der Waals surface area (Å²) < 4.78 is 46.7. The summed E-state index contributed by atoms with van der Waals surface area (Å²) in [6, 6.07) is 3.33. The van der Waals surface area contributed by atoms with Gasteiger partial charge in [0.05, 0.1) is 0 Å². The van der Waals surface area contributed by atoms with Crippen molar-refractivity contribution in [2.75, 3.05) is 4.93 Å². The summed E-state index contributed by atoms with van der Waals surface area (Å²) in [4.78, 5) is 1.87. The molecule has 0 aliphatic rings. The van der Waals surface area contributed by atoms with Gasteiger partial charge < -0.3 is 0 Å². The zero-order valence-electron chi connectivity index (χ0n) is 10.0. The number of rotatable bonds is 2. The van der Waals surface area contributed by atoms with Gasteiger partial charge in [-0.3, -0.25) is 0 Å². The second-order valence-electron chi connectivity index (χ2n) is 3.64. The molecule has 2 nitrogen and oxygen atoms in total. The number of alkyl halides is 1. The van der Waals surface area contributed by atoms with Crippen molar-refractivity contribution < 1.29 is 43.2 Å². The molecule has 7 heteroatoms. The van der Waals surface area contributed by atoms with E-state index in [9.17, 15) is 17.8 Å². The van der Waals surface area contributed by atoms with Gasteiger partial charge in [-0.2, -0.15) is 0 Å². The van der Waals surface area contributed by atoms with Gasteiger partial charge in [0.2, 0.25) is 0 Å². The molecule has 0 radical (unpaired) electrons. The molecule has 0 heterocycles. The number of phenols is 1. The summed E-state index contributed by atoms with van der Waals surface area (Å²) in [6.45, 7) is 0. The zero-order chi connectivity index (χ0) is 14.7. The maximum atomic E-state index is 13.8. The molecule has 0 aliphatic heterocycles. The molecule has 106 valence electrons. The van der Waals surface area contributed by atoms with Crippen molar-refractivity contribution in [3.63, 3.8) is 0 Å². The van der Waals surface area contributed by atoms with E-state index >= 15 is 0 Å². The Morgan fingerprint density at radius 2 is 2.05 bits per heavy atom. The van der Waals surface area contributed by atoms with Crippen LogP contribution in [-0.4, -0.2) is 10.0 Å².